The monoisotopic (exact) mass is 952 g/mol. The molecule has 7 aromatic carbocycles. The number of β-lactam (4-membered cyclic amide) rings is 1. The molecule has 0 bridgehead atoms. The predicted molar refractivity (Wildman–Crippen MR) is 267 cm³/mol. The summed E-state index contributed by atoms with van der Waals surface area (Å²) in [4.78, 5) is 58.1. The van der Waals surface area contributed by atoms with Gasteiger partial charge in [0, 0.05) is 33.0 Å². The van der Waals surface area contributed by atoms with Crippen molar-refractivity contribution in [2.24, 2.45) is 13.0 Å². The molecule has 69 heavy (non-hydrogen) atoms. The molecule has 1 aliphatic heterocycles. The predicted octanol–water partition coefficient (Wildman–Crippen LogP) is 8.10. The quantitative estimate of drug-likeness (QED) is 0.0230. The number of non-ortho nitro benzene ring substituents is 1. The molecule has 0 radical (unpaired) electrons. The van der Waals surface area contributed by atoms with Crippen molar-refractivity contribution in [2.75, 3.05) is 0 Å². The highest BCUT2D eigenvalue weighted by atomic mass is 32.2. The van der Waals surface area contributed by atoms with Crippen molar-refractivity contribution in [3.8, 4) is 0 Å². The fraction of sp³-hybridized carbons (Fsp3) is 0.130. The van der Waals surface area contributed by atoms with E-state index in [2.05, 4.69) is 15.5 Å². The van der Waals surface area contributed by atoms with Crippen molar-refractivity contribution in [2.45, 2.75) is 29.8 Å². The Hall–Kier alpha value is -7.93. The van der Waals surface area contributed by atoms with Crippen LogP contribution in [0.15, 0.2) is 206 Å². The number of thioether (sulfide) groups is 1. The van der Waals surface area contributed by atoms with Crippen LogP contribution in [0.1, 0.15) is 41.1 Å². The lowest BCUT2D eigenvalue weighted by Gasteiger charge is -2.53. The number of likely N-dealkylation sites (tertiary alicyclic amines) is 1. The first-order chi connectivity index (χ1) is 33.6. The van der Waals surface area contributed by atoms with Gasteiger partial charge in [-0.2, -0.15) is 0 Å². The number of benzene rings is 7. The smallest absolute Gasteiger partial charge is 0.356 e. The minimum Gasteiger partial charge on any atom is -0.456 e. The average Bonchev–Trinajstić information content (AvgIpc) is 3.83. The number of ether oxygens (including phenoxy) is 2. The Morgan fingerprint density at radius 2 is 1.13 bits per heavy atom. The normalized spacial score (nSPS) is 15.1. The summed E-state index contributed by atoms with van der Waals surface area (Å²) in [5, 5.41) is 25.2. The number of carbonyl (C=O) groups excluding carboxylic acids is 3. The number of hydrogen-bond acceptors (Lipinski definition) is 11. The molecule has 1 aliphatic rings. The van der Waals surface area contributed by atoms with Crippen LogP contribution in [0, 0.1) is 16.0 Å². The standard InChI is InChI=1S/C54H45N6O7PS/c1-38(61)67-48(49-55-56-57-58(49)2)47-50(62)59(52(47)69-54(40-21-9-3-10-22-40,41-23-11-4-12-24-41)42-25-13-5-14-26-42)51(53(63)66-37-39-33-35-43(36-34-39)60(64)65)68(44-27-15-6-16-28-44,45-29-17-7-18-30-45)46-31-19-8-20-32-46/h3-36,47-48,52H,37H2,1-2H3. The van der Waals surface area contributed by atoms with Crippen molar-refractivity contribution in [1.29, 1.82) is 0 Å². The molecule has 0 spiro atoms. The summed E-state index contributed by atoms with van der Waals surface area (Å²) in [6.45, 7) is -2.51. The molecule has 3 unspecified atom stereocenters. The van der Waals surface area contributed by atoms with E-state index in [1.807, 2.05) is 182 Å². The van der Waals surface area contributed by atoms with Crippen LogP contribution < -0.4 is 15.9 Å². The van der Waals surface area contributed by atoms with Crippen LogP contribution in [-0.2, 0) is 42.3 Å². The van der Waals surface area contributed by atoms with Gasteiger partial charge in [0.25, 0.3) is 5.69 Å². The molecular formula is C54H45N6O7PS. The fourth-order valence-corrected chi connectivity index (χ4v) is 15.4. The van der Waals surface area contributed by atoms with Gasteiger partial charge < -0.3 is 9.47 Å². The first kappa shape index (κ1) is 46.2. The van der Waals surface area contributed by atoms with Gasteiger partial charge in [0.1, 0.15) is 23.3 Å². The summed E-state index contributed by atoms with van der Waals surface area (Å²) >= 11 is 1.44. The molecule has 0 saturated carbocycles. The Morgan fingerprint density at radius 3 is 1.52 bits per heavy atom. The second-order valence-corrected chi connectivity index (χ2v) is 20.9. The maximum Gasteiger partial charge on any atom is 0.356 e. The van der Waals surface area contributed by atoms with Crippen LogP contribution >= 0.6 is 18.6 Å². The van der Waals surface area contributed by atoms with Crippen LogP contribution in [0.3, 0.4) is 0 Å². The maximum atomic E-state index is 16.1. The van der Waals surface area contributed by atoms with E-state index in [9.17, 15) is 14.9 Å². The topological polar surface area (TPSA) is 160 Å². The highest BCUT2D eigenvalue weighted by molar-refractivity contribution is 8.01. The average molecular weight is 953 g/mol. The summed E-state index contributed by atoms with van der Waals surface area (Å²) in [5.41, 5.74) is 3.10. The van der Waals surface area contributed by atoms with Gasteiger partial charge in [0.2, 0.25) is 5.91 Å². The Bertz CT molecular complexity index is 2950. The lowest BCUT2D eigenvalue weighted by molar-refractivity contribution is -0.384. The van der Waals surface area contributed by atoms with Gasteiger partial charge in [0.05, 0.1) is 9.67 Å². The van der Waals surface area contributed by atoms with Crippen LogP contribution in [0.2, 0.25) is 0 Å². The molecule has 344 valence electrons. The lowest BCUT2D eigenvalue weighted by Crippen LogP contribution is -2.67. The molecule has 2 heterocycles. The number of esters is 2. The van der Waals surface area contributed by atoms with Crippen molar-refractivity contribution in [1.82, 2.24) is 25.1 Å². The van der Waals surface area contributed by atoms with E-state index in [0.717, 1.165) is 32.6 Å². The molecule has 1 saturated heterocycles. The zero-order valence-corrected chi connectivity index (χ0v) is 39.2. The minimum absolute atomic E-state index is 0.0764. The van der Waals surface area contributed by atoms with Gasteiger partial charge in [-0.25, -0.2) is 9.48 Å². The van der Waals surface area contributed by atoms with Crippen LogP contribution in [0.5, 0.6) is 0 Å². The summed E-state index contributed by atoms with van der Waals surface area (Å²) in [6.07, 6.45) is -1.31. The molecule has 1 amide bonds. The van der Waals surface area contributed by atoms with Gasteiger partial charge in [-0.3, -0.25) is 24.6 Å². The van der Waals surface area contributed by atoms with Gasteiger partial charge in [-0.1, -0.05) is 182 Å². The number of nitro benzene ring substituents is 1. The first-order valence-electron chi connectivity index (χ1n) is 22.1. The minimum atomic E-state index is -3.50. The molecular weight excluding hydrogens is 908 g/mol. The number of nitro groups is 1. The van der Waals surface area contributed by atoms with Crippen molar-refractivity contribution < 1.29 is 28.8 Å². The Labute approximate surface area is 402 Å². The number of carbonyl (C=O) groups is 3. The third kappa shape index (κ3) is 8.76. The van der Waals surface area contributed by atoms with E-state index in [1.54, 1.807) is 11.9 Å². The SMILES string of the molecule is CC(=O)OC(c1nnnn1C)C1C(=O)N(C(C(=O)OCc2ccc([N+](=O)[O-])cc2)=P(c2ccccc2)(c2ccccc2)c2ccccc2)C1SC(c1ccccc1)(c1ccccc1)c1ccccc1. The third-order valence-corrected chi connectivity index (χ3v) is 18.2. The van der Waals surface area contributed by atoms with Gasteiger partial charge in [-0.05, 0) is 60.7 Å². The molecule has 3 atom stereocenters. The summed E-state index contributed by atoms with van der Waals surface area (Å²) in [5.74, 6) is -3.01. The summed E-state index contributed by atoms with van der Waals surface area (Å²) < 4.78 is 12.9. The van der Waals surface area contributed by atoms with Crippen LogP contribution in [0.25, 0.3) is 0 Å². The van der Waals surface area contributed by atoms with Crippen molar-refractivity contribution >= 4 is 63.5 Å². The van der Waals surface area contributed by atoms with E-state index in [-0.39, 0.29) is 23.5 Å². The zero-order valence-electron chi connectivity index (χ0n) is 37.5. The van der Waals surface area contributed by atoms with E-state index >= 15 is 9.59 Å². The van der Waals surface area contributed by atoms with Gasteiger partial charge in [-0.15, -0.1) is 16.9 Å². The second kappa shape index (κ2) is 20.1. The molecule has 13 nitrogen and oxygen atoms in total. The number of tetrazole rings is 1. The molecule has 0 N–H and O–H groups in total. The fourth-order valence-electron chi connectivity index (χ4n) is 9.06. The highest BCUT2D eigenvalue weighted by Gasteiger charge is 2.61. The summed E-state index contributed by atoms with van der Waals surface area (Å²) in [7, 11) is 1.61. The van der Waals surface area contributed by atoms with E-state index in [4.69, 9.17) is 9.47 Å². The molecule has 1 fully saturated rings. The van der Waals surface area contributed by atoms with Crippen molar-refractivity contribution in [3.05, 3.63) is 244 Å². The van der Waals surface area contributed by atoms with E-state index in [1.165, 1.54) is 47.6 Å². The molecule has 8 aromatic rings. The second-order valence-electron chi connectivity index (χ2n) is 16.2. The van der Waals surface area contributed by atoms with Crippen molar-refractivity contribution in [3.63, 3.8) is 0 Å². The molecule has 15 heteroatoms. The third-order valence-electron chi connectivity index (χ3n) is 12.1. The first-order valence-corrected chi connectivity index (χ1v) is 24.7. The van der Waals surface area contributed by atoms with Crippen LogP contribution in [-0.4, -0.2) is 58.7 Å². The molecule has 1 aromatic heterocycles. The number of nitrogens with zero attached hydrogens (tertiary/aromatic N) is 6. The van der Waals surface area contributed by atoms with Crippen LogP contribution in [0.4, 0.5) is 5.69 Å². The molecule has 9 rings (SSSR count). The Morgan fingerprint density at radius 1 is 0.696 bits per heavy atom. The number of aryl methyl sites for hydroxylation is 1. The Kier molecular flexibility index (Phi) is 13.5. The maximum absolute atomic E-state index is 16.1. The van der Waals surface area contributed by atoms with Gasteiger partial charge >= 0.3 is 11.9 Å². The highest BCUT2D eigenvalue weighted by Crippen LogP contribution is 2.59. The molecule has 0 aliphatic carbocycles. The zero-order chi connectivity index (χ0) is 48.0. The Balaban J connectivity index is 1.39. The number of amides is 1. The summed E-state index contributed by atoms with van der Waals surface area (Å²) in [6, 6.07) is 64.6. The largest absolute Gasteiger partial charge is 0.456 e. The number of rotatable bonds is 16. The van der Waals surface area contributed by atoms with Gasteiger partial charge in [0.15, 0.2) is 11.9 Å². The number of hydrogen-bond donors (Lipinski definition) is 0. The lowest BCUT2D eigenvalue weighted by atomic mass is 9.84. The van der Waals surface area contributed by atoms with E-state index in [0.29, 0.717) is 5.56 Å². The number of aromatic nitrogens is 4. The van der Waals surface area contributed by atoms with E-state index < -0.39 is 51.8 Å².